The number of rotatable bonds is 11. The van der Waals surface area contributed by atoms with E-state index in [9.17, 15) is 28.8 Å². The zero-order valence-corrected chi connectivity index (χ0v) is 37.9. The number of hydrogen-bond acceptors (Lipinski definition) is 11. The maximum atomic E-state index is 13.1. The van der Waals surface area contributed by atoms with Gasteiger partial charge in [-0.15, -0.1) is 0 Å². The Morgan fingerprint density at radius 3 is 1.44 bits per heavy atom. The Morgan fingerprint density at radius 2 is 1.10 bits per heavy atom. The molecule has 336 valence electrons. The van der Waals surface area contributed by atoms with Gasteiger partial charge >= 0.3 is 24.1 Å². The number of hydrogen-bond donors (Lipinski definition) is 1. The van der Waals surface area contributed by atoms with E-state index in [1.807, 2.05) is 19.9 Å². The Labute approximate surface area is 372 Å². The summed E-state index contributed by atoms with van der Waals surface area (Å²) in [7, 11) is 3.09. The van der Waals surface area contributed by atoms with Gasteiger partial charge in [0.25, 0.3) is 0 Å². The van der Waals surface area contributed by atoms with Crippen LogP contribution in [0.25, 0.3) is 0 Å². The van der Waals surface area contributed by atoms with Crippen LogP contribution in [0.4, 0.5) is 9.59 Å². The molecule has 2 saturated carbocycles. The fourth-order valence-electron chi connectivity index (χ4n) is 8.08. The molecule has 2 unspecified atom stereocenters. The number of amides is 2. The lowest BCUT2D eigenvalue weighted by Gasteiger charge is -2.43. The molecule has 4 fully saturated rings. The van der Waals surface area contributed by atoms with Gasteiger partial charge in [-0.3, -0.25) is 29.0 Å². The number of carboxylic acid groups (broad SMARTS) is 1. The van der Waals surface area contributed by atoms with Crippen LogP contribution in [0, 0.1) is 10.8 Å². The van der Waals surface area contributed by atoms with Gasteiger partial charge in [0.1, 0.15) is 11.1 Å². The average molecular weight is 912 g/mol. The molecule has 0 radical (unpaired) electrons. The van der Waals surface area contributed by atoms with Crippen LogP contribution in [-0.2, 0) is 53.9 Å². The van der Waals surface area contributed by atoms with Gasteiger partial charge in [-0.2, -0.15) is 0 Å². The molecular weight excluding hydrogens is 855 g/mol. The number of carboxylic acids is 1. The third kappa shape index (κ3) is 12.2. The van der Waals surface area contributed by atoms with Crippen LogP contribution in [-0.4, -0.2) is 103 Å². The van der Waals surface area contributed by atoms with Crippen molar-refractivity contribution in [2.24, 2.45) is 10.8 Å². The lowest BCUT2D eigenvalue weighted by molar-refractivity contribution is -0.179. The van der Waals surface area contributed by atoms with Crippen molar-refractivity contribution in [2.75, 3.05) is 40.5 Å². The van der Waals surface area contributed by atoms with Gasteiger partial charge in [0.2, 0.25) is 6.29 Å². The van der Waals surface area contributed by atoms with Crippen molar-refractivity contribution in [3.05, 3.63) is 69.7 Å². The van der Waals surface area contributed by atoms with Crippen molar-refractivity contribution >= 4 is 70.5 Å². The molecule has 2 saturated heterocycles. The fraction of sp³-hybridized carbons (Fsp3) is 0.591. The van der Waals surface area contributed by atoms with Gasteiger partial charge < -0.3 is 28.8 Å². The minimum atomic E-state index is -1.20. The van der Waals surface area contributed by atoms with Crippen LogP contribution in [0.3, 0.4) is 0 Å². The maximum absolute atomic E-state index is 13.1. The molecule has 4 aliphatic rings. The molecule has 0 spiro atoms. The summed E-state index contributed by atoms with van der Waals surface area (Å²) in [4.78, 5) is 76.0. The summed E-state index contributed by atoms with van der Waals surface area (Å²) in [5.41, 5.74) is -2.14. The maximum Gasteiger partial charge on any atom is 0.413 e. The number of alkyl halides is 1. The molecule has 14 nitrogen and oxygen atoms in total. The summed E-state index contributed by atoms with van der Waals surface area (Å²) < 4.78 is 25.7. The number of esters is 1. The predicted molar refractivity (Wildman–Crippen MR) is 227 cm³/mol. The third-order valence-electron chi connectivity index (χ3n) is 11.4. The summed E-state index contributed by atoms with van der Waals surface area (Å²) >= 11 is 18.4. The van der Waals surface area contributed by atoms with Gasteiger partial charge in [0.05, 0.1) is 39.3 Å². The quantitative estimate of drug-likeness (QED) is 0.129. The molecule has 2 aliphatic carbocycles. The number of aliphatic carboxylic acids is 1. The first-order valence-electron chi connectivity index (χ1n) is 20.4. The smallest absolute Gasteiger partial charge is 0.413 e. The molecule has 2 heterocycles. The van der Waals surface area contributed by atoms with Gasteiger partial charge in [0.15, 0.2) is 17.1 Å². The second-order valence-corrected chi connectivity index (χ2v) is 18.2. The number of carbonyl (C=O) groups is 6. The molecule has 2 aromatic rings. The van der Waals surface area contributed by atoms with Gasteiger partial charge in [-0.25, -0.2) is 9.59 Å². The summed E-state index contributed by atoms with van der Waals surface area (Å²) in [5.74, 6) is -1.29. The minimum Gasteiger partial charge on any atom is -0.481 e. The number of Topliss-reactive ketones (excluding diaryl/α,β-unsaturated/α-hetero) is 2. The molecule has 0 bridgehead atoms. The monoisotopic (exact) mass is 910 g/mol. The van der Waals surface area contributed by atoms with Gasteiger partial charge in [0, 0.05) is 65.9 Å². The number of halogens is 3. The van der Waals surface area contributed by atoms with Crippen molar-refractivity contribution in [3.63, 3.8) is 0 Å². The number of ether oxygens (including phenoxy) is 5. The van der Waals surface area contributed by atoms with E-state index in [-0.39, 0.29) is 35.2 Å². The molecule has 1 N–H and O–H groups in total. The highest BCUT2D eigenvalue weighted by molar-refractivity contribution is 6.32. The van der Waals surface area contributed by atoms with Crippen molar-refractivity contribution in [1.29, 1.82) is 0 Å². The highest BCUT2D eigenvalue weighted by atomic mass is 35.5. The Kier molecular flexibility index (Phi) is 17.5. The second-order valence-electron chi connectivity index (χ2n) is 16.8. The first-order valence-corrected chi connectivity index (χ1v) is 21.6. The Bertz CT molecular complexity index is 1900. The standard InChI is InChI=1S/C22H28ClNO6.C16H19Cl2NO3.C6H10O3/c1-15(29-19(26)12-21(2)13-28-14-21)30-20(27)24(3)22(11-7-6-10-18(22)25)16-8-4-5-9-17(16)23;1-11(17)22-15(21)19(2)16(10-6-5-9-14(16)20)12-7-3-4-8-13(12)18;1-6(2-5(7)8)3-9-4-6/h4-5,8-9,15H,6-7,10-14H2,1-3H3;3-4,7-8,11H,5-6,9-10H2,1-2H3;2-4H2,1H3,(H,7,8)/t15?,22-;11?,16-;/m11./s1. The average Bonchev–Trinajstić information content (AvgIpc) is 3.17. The zero-order chi connectivity index (χ0) is 45.2. The largest absolute Gasteiger partial charge is 0.481 e. The lowest BCUT2D eigenvalue weighted by Crippen LogP contribution is -2.54. The zero-order valence-electron chi connectivity index (χ0n) is 35.6. The van der Waals surface area contributed by atoms with Crippen LogP contribution in [0.5, 0.6) is 0 Å². The van der Waals surface area contributed by atoms with Crippen molar-refractivity contribution in [3.8, 4) is 0 Å². The summed E-state index contributed by atoms with van der Waals surface area (Å²) in [5, 5.41) is 9.25. The summed E-state index contributed by atoms with van der Waals surface area (Å²) in [6.07, 6.45) is 2.91. The SMILES string of the molecule is CC(Cl)OC(=O)N(C)[C@@]1(c2ccccc2Cl)CCCCC1=O.CC(OC(=O)CC1(C)COC1)OC(=O)N(C)[C@@]1(c2ccccc2Cl)CCCCC1=O.CC1(CC(=O)O)COC1. The first-order chi connectivity index (χ1) is 28.7. The van der Waals surface area contributed by atoms with E-state index in [0.29, 0.717) is 73.3 Å². The van der Waals surface area contributed by atoms with Crippen molar-refractivity contribution < 1.29 is 57.6 Å². The minimum absolute atomic E-state index is 0.0199. The van der Waals surface area contributed by atoms with Crippen LogP contribution in [0.2, 0.25) is 10.0 Å². The number of carbonyl (C=O) groups excluding carboxylic acids is 5. The van der Waals surface area contributed by atoms with Gasteiger partial charge in [-0.1, -0.05) is 85.0 Å². The highest BCUT2D eigenvalue weighted by Gasteiger charge is 2.50. The normalized spacial score (nSPS) is 23.4. The number of ketones is 2. The van der Waals surface area contributed by atoms with Crippen molar-refractivity contribution in [1.82, 2.24) is 9.80 Å². The molecule has 0 aromatic heterocycles. The van der Waals surface area contributed by atoms with Gasteiger partial charge in [-0.05, 0) is 57.6 Å². The molecular formula is C44H57Cl3N2O12. The molecule has 2 aromatic carbocycles. The van der Waals surface area contributed by atoms with E-state index in [4.69, 9.17) is 63.6 Å². The number of benzene rings is 2. The molecule has 2 aliphatic heterocycles. The predicted octanol–water partition coefficient (Wildman–Crippen LogP) is 8.89. The van der Waals surface area contributed by atoms with Crippen LogP contribution < -0.4 is 0 Å². The number of nitrogens with zero attached hydrogens (tertiary/aromatic N) is 2. The van der Waals surface area contributed by atoms with E-state index in [1.54, 1.807) is 56.4 Å². The molecule has 6 rings (SSSR count). The topological polar surface area (TPSA) is 175 Å². The van der Waals surface area contributed by atoms with Crippen LogP contribution >= 0.6 is 34.8 Å². The van der Waals surface area contributed by atoms with E-state index >= 15 is 0 Å². The van der Waals surface area contributed by atoms with E-state index < -0.39 is 47.1 Å². The fourth-order valence-corrected chi connectivity index (χ4v) is 8.74. The Balaban J connectivity index is 0.000000230. The third-order valence-corrected chi connectivity index (χ3v) is 12.2. The van der Waals surface area contributed by atoms with Crippen molar-refractivity contribution in [2.45, 2.75) is 115 Å². The molecule has 4 atom stereocenters. The van der Waals surface area contributed by atoms with E-state index in [0.717, 1.165) is 25.7 Å². The summed E-state index contributed by atoms with van der Waals surface area (Å²) in [6, 6.07) is 14.2. The molecule has 17 heteroatoms. The van der Waals surface area contributed by atoms with Crippen LogP contribution in [0.15, 0.2) is 48.5 Å². The Hall–Kier alpha value is -3.95. The highest BCUT2D eigenvalue weighted by Crippen LogP contribution is 2.44. The number of likely N-dealkylation sites (N-methyl/N-ethyl adjacent to an activating group) is 2. The lowest BCUT2D eigenvalue weighted by atomic mass is 9.74. The molecule has 61 heavy (non-hydrogen) atoms. The molecule has 2 amide bonds. The second kappa shape index (κ2) is 21.4. The Morgan fingerprint density at radius 1 is 0.689 bits per heavy atom. The first kappa shape index (κ1) is 49.7. The van der Waals surface area contributed by atoms with E-state index in [2.05, 4.69) is 0 Å². The van der Waals surface area contributed by atoms with Crippen LogP contribution in [0.1, 0.15) is 103 Å². The van der Waals surface area contributed by atoms with E-state index in [1.165, 1.54) is 23.8 Å². The summed E-state index contributed by atoms with van der Waals surface area (Å²) in [6.45, 7) is 9.09.